The molecule has 1 fully saturated rings. The number of amides is 1. The minimum Gasteiger partial charge on any atom is -0.492 e. The van der Waals surface area contributed by atoms with E-state index in [1.807, 2.05) is 25.1 Å². The SMILES string of the molecule is CCOc1cccc2sc(N3CCOC(C(=O)N(C)C)C3)nc12. The van der Waals surface area contributed by atoms with E-state index in [1.54, 1.807) is 30.3 Å². The lowest BCUT2D eigenvalue weighted by atomic mass is 10.2. The fraction of sp³-hybridized carbons (Fsp3) is 0.500. The van der Waals surface area contributed by atoms with Gasteiger partial charge < -0.3 is 19.3 Å². The molecule has 1 atom stereocenters. The Morgan fingerprint density at radius 1 is 1.52 bits per heavy atom. The van der Waals surface area contributed by atoms with Crippen LogP contribution in [0.1, 0.15) is 6.92 Å². The fourth-order valence-electron chi connectivity index (χ4n) is 2.58. The van der Waals surface area contributed by atoms with Gasteiger partial charge in [0.15, 0.2) is 11.2 Å². The van der Waals surface area contributed by atoms with E-state index in [0.717, 1.165) is 27.6 Å². The van der Waals surface area contributed by atoms with Gasteiger partial charge in [0.1, 0.15) is 11.3 Å². The van der Waals surface area contributed by atoms with Crippen molar-refractivity contribution in [2.24, 2.45) is 0 Å². The number of carbonyl (C=O) groups is 1. The topological polar surface area (TPSA) is 54.9 Å². The number of likely N-dealkylation sites (N-methyl/N-ethyl adjacent to an activating group) is 1. The van der Waals surface area contributed by atoms with Gasteiger partial charge in [0.2, 0.25) is 0 Å². The van der Waals surface area contributed by atoms with Crippen LogP contribution in [-0.4, -0.2) is 62.3 Å². The summed E-state index contributed by atoms with van der Waals surface area (Å²) in [6.45, 7) is 4.37. The maximum atomic E-state index is 12.1. The van der Waals surface area contributed by atoms with Crippen LogP contribution >= 0.6 is 11.3 Å². The number of rotatable bonds is 4. The summed E-state index contributed by atoms with van der Waals surface area (Å²) in [5, 5.41) is 0.909. The smallest absolute Gasteiger partial charge is 0.253 e. The Labute approximate surface area is 139 Å². The second kappa shape index (κ2) is 6.72. The second-order valence-corrected chi connectivity index (χ2v) is 6.58. The number of para-hydroxylation sites is 1. The molecule has 1 aliphatic heterocycles. The summed E-state index contributed by atoms with van der Waals surface area (Å²) in [7, 11) is 3.49. The van der Waals surface area contributed by atoms with Crippen molar-refractivity contribution in [1.29, 1.82) is 0 Å². The predicted octanol–water partition coefficient (Wildman–Crippen LogP) is 1.99. The van der Waals surface area contributed by atoms with Crippen molar-refractivity contribution in [3.8, 4) is 5.75 Å². The lowest BCUT2D eigenvalue weighted by molar-refractivity contribution is -0.141. The number of aromatic nitrogens is 1. The molecule has 124 valence electrons. The van der Waals surface area contributed by atoms with Crippen LogP contribution in [-0.2, 0) is 9.53 Å². The summed E-state index contributed by atoms with van der Waals surface area (Å²) < 4.78 is 12.3. The maximum absolute atomic E-state index is 12.1. The third-order valence-corrected chi connectivity index (χ3v) is 4.81. The van der Waals surface area contributed by atoms with Crippen LogP contribution in [0.2, 0.25) is 0 Å². The highest BCUT2D eigenvalue weighted by Crippen LogP contribution is 2.34. The Morgan fingerprint density at radius 3 is 3.09 bits per heavy atom. The van der Waals surface area contributed by atoms with Gasteiger partial charge in [-0.3, -0.25) is 4.79 Å². The largest absolute Gasteiger partial charge is 0.492 e. The van der Waals surface area contributed by atoms with Gasteiger partial charge in [0.05, 0.1) is 24.5 Å². The Bertz CT molecular complexity index is 701. The van der Waals surface area contributed by atoms with Crippen LogP contribution in [0.3, 0.4) is 0 Å². The summed E-state index contributed by atoms with van der Waals surface area (Å²) in [6.07, 6.45) is -0.433. The number of benzene rings is 1. The molecular formula is C16H21N3O3S. The molecule has 1 aromatic heterocycles. The van der Waals surface area contributed by atoms with Gasteiger partial charge in [0, 0.05) is 20.6 Å². The van der Waals surface area contributed by atoms with E-state index < -0.39 is 6.10 Å². The molecule has 6 nitrogen and oxygen atoms in total. The lowest BCUT2D eigenvalue weighted by Gasteiger charge is -2.33. The molecule has 1 amide bonds. The Morgan fingerprint density at radius 2 is 2.35 bits per heavy atom. The molecule has 1 aliphatic rings. The van der Waals surface area contributed by atoms with E-state index >= 15 is 0 Å². The van der Waals surface area contributed by atoms with Crippen LogP contribution in [0.25, 0.3) is 10.2 Å². The van der Waals surface area contributed by atoms with Gasteiger partial charge in [-0.15, -0.1) is 0 Å². The molecule has 0 bridgehead atoms. The molecule has 2 aromatic rings. The number of morpholine rings is 1. The van der Waals surface area contributed by atoms with Crippen molar-refractivity contribution < 1.29 is 14.3 Å². The summed E-state index contributed by atoms with van der Waals surface area (Å²) in [6, 6.07) is 5.96. The third-order valence-electron chi connectivity index (χ3n) is 3.72. The first-order chi connectivity index (χ1) is 11.1. The minimum atomic E-state index is -0.433. The average molecular weight is 335 g/mol. The molecular weight excluding hydrogens is 314 g/mol. The van der Waals surface area contributed by atoms with Gasteiger partial charge in [-0.1, -0.05) is 17.4 Å². The van der Waals surface area contributed by atoms with Gasteiger partial charge in [0.25, 0.3) is 5.91 Å². The number of hydrogen-bond acceptors (Lipinski definition) is 6. The van der Waals surface area contributed by atoms with Gasteiger partial charge in [-0.25, -0.2) is 4.98 Å². The molecule has 0 saturated carbocycles. The van der Waals surface area contributed by atoms with Gasteiger partial charge in [-0.2, -0.15) is 0 Å². The second-order valence-electron chi connectivity index (χ2n) is 5.57. The first-order valence-corrected chi connectivity index (χ1v) is 8.52. The fourth-order valence-corrected chi connectivity index (χ4v) is 3.60. The van der Waals surface area contributed by atoms with E-state index in [-0.39, 0.29) is 5.91 Å². The number of thiazole rings is 1. The van der Waals surface area contributed by atoms with Crippen molar-refractivity contribution in [2.75, 3.05) is 45.3 Å². The predicted molar refractivity (Wildman–Crippen MR) is 91.4 cm³/mol. The summed E-state index contributed by atoms with van der Waals surface area (Å²) in [5.41, 5.74) is 0.885. The molecule has 0 spiro atoms. The van der Waals surface area contributed by atoms with Crippen LogP contribution in [0.5, 0.6) is 5.75 Å². The van der Waals surface area contributed by atoms with E-state index in [2.05, 4.69) is 4.90 Å². The normalized spacial score (nSPS) is 18.2. The van der Waals surface area contributed by atoms with Crippen molar-refractivity contribution in [3.05, 3.63) is 18.2 Å². The van der Waals surface area contributed by atoms with Crippen LogP contribution in [0, 0.1) is 0 Å². The zero-order valence-corrected chi connectivity index (χ0v) is 14.4. The van der Waals surface area contributed by atoms with Crippen molar-refractivity contribution in [3.63, 3.8) is 0 Å². The first-order valence-electron chi connectivity index (χ1n) is 7.70. The van der Waals surface area contributed by atoms with E-state index in [9.17, 15) is 4.79 Å². The van der Waals surface area contributed by atoms with Gasteiger partial charge >= 0.3 is 0 Å². The molecule has 0 radical (unpaired) electrons. The number of fused-ring (bicyclic) bond motifs is 1. The quantitative estimate of drug-likeness (QED) is 0.855. The van der Waals surface area contributed by atoms with Crippen LogP contribution in [0.4, 0.5) is 5.13 Å². The zero-order chi connectivity index (χ0) is 16.4. The van der Waals surface area contributed by atoms with Crippen molar-refractivity contribution >= 4 is 32.6 Å². The number of nitrogens with zero attached hydrogens (tertiary/aromatic N) is 3. The Kier molecular flexibility index (Phi) is 4.68. The maximum Gasteiger partial charge on any atom is 0.253 e. The van der Waals surface area contributed by atoms with Crippen molar-refractivity contribution in [1.82, 2.24) is 9.88 Å². The highest BCUT2D eigenvalue weighted by atomic mass is 32.1. The number of carbonyl (C=O) groups excluding carboxylic acids is 1. The molecule has 3 rings (SSSR count). The van der Waals surface area contributed by atoms with E-state index in [0.29, 0.717) is 19.8 Å². The standard InChI is InChI=1S/C16H21N3O3S/c1-4-21-11-6-5-7-13-14(11)17-16(23-13)19-8-9-22-12(10-19)15(20)18(2)3/h5-7,12H,4,8-10H2,1-3H3. The van der Waals surface area contributed by atoms with Crippen molar-refractivity contribution in [2.45, 2.75) is 13.0 Å². The molecule has 1 unspecified atom stereocenters. The summed E-state index contributed by atoms with van der Waals surface area (Å²) >= 11 is 1.62. The van der Waals surface area contributed by atoms with Crippen LogP contribution < -0.4 is 9.64 Å². The highest BCUT2D eigenvalue weighted by molar-refractivity contribution is 7.22. The average Bonchev–Trinajstić information content (AvgIpc) is 3.00. The molecule has 0 aliphatic carbocycles. The molecule has 23 heavy (non-hydrogen) atoms. The Balaban J connectivity index is 1.85. The molecule has 7 heteroatoms. The number of anilines is 1. The lowest BCUT2D eigenvalue weighted by Crippen LogP contribution is -2.49. The zero-order valence-electron chi connectivity index (χ0n) is 13.6. The highest BCUT2D eigenvalue weighted by Gasteiger charge is 2.29. The molecule has 2 heterocycles. The van der Waals surface area contributed by atoms with Crippen LogP contribution in [0.15, 0.2) is 18.2 Å². The molecule has 0 N–H and O–H groups in total. The van der Waals surface area contributed by atoms with Gasteiger partial charge in [-0.05, 0) is 19.1 Å². The Hall–Kier alpha value is -1.86. The number of hydrogen-bond donors (Lipinski definition) is 0. The molecule has 1 saturated heterocycles. The monoisotopic (exact) mass is 335 g/mol. The molecule has 1 aromatic carbocycles. The first kappa shape index (κ1) is 16.0. The van der Waals surface area contributed by atoms with E-state index in [4.69, 9.17) is 14.5 Å². The third kappa shape index (κ3) is 3.25. The summed E-state index contributed by atoms with van der Waals surface area (Å²) in [4.78, 5) is 20.5. The minimum absolute atomic E-state index is 0.00850. The summed E-state index contributed by atoms with van der Waals surface area (Å²) in [5.74, 6) is 0.799. The van der Waals surface area contributed by atoms with E-state index in [1.165, 1.54) is 0 Å². The number of ether oxygens (including phenoxy) is 2.